The van der Waals surface area contributed by atoms with Crippen molar-refractivity contribution < 1.29 is 32.5 Å². The molecule has 2 aromatic carbocycles. The van der Waals surface area contributed by atoms with Crippen molar-refractivity contribution in [2.24, 2.45) is 5.92 Å². The third-order valence-electron chi connectivity index (χ3n) is 5.49. The molecule has 2 aromatic rings. The summed E-state index contributed by atoms with van der Waals surface area (Å²) < 4.78 is 55.7. The van der Waals surface area contributed by atoms with Crippen LogP contribution in [0, 0.1) is 5.92 Å². The van der Waals surface area contributed by atoms with Crippen molar-refractivity contribution in [1.29, 1.82) is 0 Å². The lowest BCUT2D eigenvalue weighted by atomic mass is 9.80. The number of methoxy groups -OCH3 is 2. The monoisotopic (exact) mass is 406 g/mol. The molecular weight excluding hydrogens is 382 g/mol. The smallest absolute Gasteiger partial charge is 0.249 e. The van der Waals surface area contributed by atoms with Gasteiger partial charge in [0.05, 0.1) is 0 Å². The van der Waals surface area contributed by atoms with E-state index in [9.17, 15) is 8.78 Å². The minimum Gasteiger partial charge on any atom is -0.485 e. The highest BCUT2D eigenvalue weighted by atomic mass is 19.3. The van der Waals surface area contributed by atoms with Crippen LogP contribution in [0.1, 0.15) is 36.0 Å². The molecular formula is C22H24F2O5. The van der Waals surface area contributed by atoms with Crippen molar-refractivity contribution in [3.8, 4) is 17.2 Å². The molecule has 3 atom stereocenters. The molecule has 0 saturated heterocycles. The summed E-state index contributed by atoms with van der Waals surface area (Å²) in [5.74, 6) is -1.47. The highest BCUT2D eigenvalue weighted by Gasteiger charge is 2.53. The molecule has 0 radical (unpaired) electrons. The Kier molecular flexibility index (Phi) is 5.61. The van der Waals surface area contributed by atoms with Gasteiger partial charge in [0.15, 0.2) is 13.6 Å². The Morgan fingerprint density at radius 3 is 2.28 bits per heavy atom. The Labute approximate surface area is 168 Å². The standard InChI is InChI=1S/C22H24F2O5/c1-25-12-27-15-5-3-14(4-6-15)21-19-11-22(23,24)10-18(19)17-9-16(28-13-26-2)7-8-20(17)29-21/h3-9,18-19,21H,10-13H2,1-2H3. The first kappa shape index (κ1) is 19.9. The van der Waals surface area contributed by atoms with E-state index in [0.717, 1.165) is 11.1 Å². The number of hydrogen-bond acceptors (Lipinski definition) is 5. The van der Waals surface area contributed by atoms with E-state index in [1.54, 1.807) is 37.4 Å². The molecule has 2 aliphatic rings. The number of fused-ring (bicyclic) bond motifs is 3. The fourth-order valence-corrected chi connectivity index (χ4v) is 4.26. The van der Waals surface area contributed by atoms with Crippen LogP contribution >= 0.6 is 0 Å². The van der Waals surface area contributed by atoms with Crippen LogP contribution in [0.25, 0.3) is 0 Å². The largest absolute Gasteiger partial charge is 0.485 e. The predicted octanol–water partition coefficient (Wildman–Crippen LogP) is 4.91. The van der Waals surface area contributed by atoms with Gasteiger partial charge in [-0.3, -0.25) is 0 Å². The molecule has 1 saturated carbocycles. The second-order valence-electron chi connectivity index (χ2n) is 7.44. The molecule has 7 heteroatoms. The normalized spacial score (nSPS) is 24.3. The molecule has 5 nitrogen and oxygen atoms in total. The third-order valence-corrected chi connectivity index (χ3v) is 5.49. The molecule has 1 heterocycles. The first-order valence-corrected chi connectivity index (χ1v) is 9.52. The zero-order valence-corrected chi connectivity index (χ0v) is 16.4. The summed E-state index contributed by atoms with van der Waals surface area (Å²) in [4.78, 5) is 0. The van der Waals surface area contributed by atoms with Crippen LogP contribution in [0.4, 0.5) is 8.78 Å². The van der Waals surface area contributed by atoms with Gasteiger partial charge >= 0.3 is 0 Å². The summed E-state index contributed by atoms with van der Waals surface area (Å²) in [6, 6.07) is 12.7. The minimum atomic E-state index is -2.72. The van der Waals surface area contributed by atoms with E-state index < -0.39 is 12.0 Å². The highest BCUT2D eigenvalue weighted by Crippen LogP contribution is 2.58. The van der Waals surface area contributed by atoms with Crippen molar-refractivity contribution in [2.45, 2.75) is 30.8 Å². The number of rotatable bonds is 7. The Balaban J connectivity index is 1.63. The van der Waals surface area contributed by atoms with Gasteiger partial charge in [-0.25, -0.2) is 8.78 Å². The summed E-state index contributed by atoms with van der Waals surface area (Å²) >= 11 is 0. The lowest BCUT2D eigenvalue weighted by Crippen LogP contribution is -2.27. The van der Waals surface area contributed by atoms with E-state index in [-0.39, 0.29) is 38.3 Å². The number of ether oxygens (including phenoxy) is 5. The molecule has 1 aliphatic heterocycles. The maximum atomic E-state index is 14.4. The molecule has 3 unspecified atom stereocenters. The van der Waals surface area contributed by atoms with E-state index >= 15 is 0 Å². The lowest BCUT2D eigenvalue weighted by Gasteiger charge is -2.36. The summed E-state index contributed by atoms with van der Waals surface area (Å²) in [6.07, 6.45) is -0.830. The Morgan fingerprint density at radius 2 is 1.59 bits per heavy atom. The number of benzene rings is 2. The average Bonchev–Trinajstić information content (AvgIpc) is 3.06. The van der Waals surface area contributed by atoms with Gasteiger partial charge in [-0.15, -0.1) is 0 Å². The summed E-state index contributed by atoms with van der Waals surface area (Å²) in [6.45, 7) is 0.251. The molecule has 0 spiro atoms. The molecule has 29 heavy (non-hydrogen) atoms. The molecule has 1 fully saturated rings. The Bertz CT molecular complexity index is 840. The quantitative estimate of drug-likeness (QED) is 0.611. The van der Waals surface area contributed by atoms with Crippen molar-refractivity contribution >= 4 is 0 Å². The van der Waals surface area contributed by atoms with Gasteiger partial charge in [0.2, 0.25) is 5.92 Å². The number of hydrogen-bond donors (Lipinski definition) is 0. The van der Waals surface area contributed by atoms with Crippen LogP contribution in [0.2, 0.25) is 0 Å². The number of halogens is 2. The summed E-state index contributed by atoms with van der Waals surface area (Å²) in [5.41, 5.74) is 1.63. The van der Waals surface area contributed by atoms with Crippen LogP contribution in [-0.4, -0.2) is 33.7 Å². The van der Waals surface area contributed by atoms with Gasteiger partial charge in [-0.2, -0.15) is 0 Å². The Morgan fingerprint density at radius 1 is 0.931 bits per heavy atom. The van der Waals surface area contributed by atoms with Gasteiger partial charge in [0.25, 0.3) is 0 Å². The fourth-order valence-electron chi connectivity index (χ4n) is 4.26. The van der Waals surface area contributed by atoms with E-state index in [1.165, 1.54) is 7.11 Å². The van der Waals surface area contributed by atoms with E-state index in [4.69, 9.17) is 23.7 Å². The van der Waals surface area contributed by atoms with Crippen LogP contribution in [0.3, 0.4) is 0 Å². The van der Waals surface area contributed by atoms with Crippen molar-refractivity contribution in [2.75, 3.05) is 27.8 Å². The molecule has 156 valence electrons. The second kappa shape index (κ2) is 8.16. The molecule has 0 N–H and O–H groups in total. The summed E-state index contributed by atoms with van der Waals surface area (Å²) in [7, 11) is 3.08. The van der Waals surface area contributed by atoms with Gasteiger partial charge in [-0.05, 0) is 35.9 Å². The zero-order chi connectivity index (χ0) is 20.4. The fraction of sp³-hybridized carbons (Fsp3) is 0.455. The lowest BCUT2D eigenvalue weighted by molar-refractivity contribution is -0.00233. The van der Waals surface area contributed by atoms with E-state index in [0.29, 0.717) is 17.2 Å². The number of alkyl halides is 2. The topological polar surface area (TPSA) is 46.2 Å². The molecule has 1 aliphatic carbocycles. The highest BCUT2D eigenvalue weighted by molar-refractivity contribution is 5.46. The summed E-state index contributed by atoms with van der Waals surface area (Å²) in [5, 5.41) is 0. The van der Waals surface area contributed by atoms with Gasteiger partial charge < -0.3 is 23.7 Å². The van der Waals surface area contributed by atoms with Crippen molar-refractivity contribution in [1.82, 2.24) is 0 Å². The maximum absolute atomic E-state index is 14.4. The maximum Gasteiger partial charge on any atom is 0.249 e. The van der Waals surface area contributed by atoms with Crippen LogP contribution in [0.15, 0.2) is 42.5 Å². The second-order valence-corrected chi connectivity index (χ2v) is 7.44. The van der Waals surface area contributed by atoms with Crippen molar-refractivity contribution in [3.05, 3.63) is 53.6 Å². The molecule has 0 amide bonds. The zero-order valence-electron chi connectivity index (χ0n) is 16.4. The molecule has 0 aromatic heterocycles. The first-order valence-electron chi connectivity index (χ1n) is 9.52. The average molecular weight is 406 g/mol. The predicted molar refractivity (Wildman–Crippen MR) is 102 cm³/mol. The van der Waals surface area contributed by atoms with Crippen LogP contribution in [0.5, 0.6) is 17.2 Å². The van der Waals surface area contributed by atoms with Gasteiger partial charge in [0, 0.05) is 44.5 Å². The van der Waals surface area contributed by atoms with E-state index in [1.807, 2.05) is 12.1 Å². The van der Waals surface area contributed by atoms with Crippen LogP contribution in [-0.2, 0) is 9.47 Å². The third kappa shape index (κ3) is 4.16. The molecule has 0 bridgehead atoms. The molecule has 4 rings (SSSR count). The van der Waals surface area contributed by atoms with Gasteiger partial charge in [-0.1, -0.05) is 12.1 Å². The van der Waals surface area contributed by atoms with Crippen molar-refractivity contribution in [3.63, 3.8) is 0 Å². The first-order chi connectivity index (χ1) is 14.0. The van der Waals surface area contributed by atoms with Gasteiger partial charge in [0.1, 0.15) is 23.4 Å². The SMILES string of the molecule is COCOc1ccc(C2Oc3ccc(OCOC)cc3C3CC(F)(F)CC32)cc1. The van der Waals surface area contributed by atoms with E-state index in [2.05, 4.69) is 0 Å². The minimum absolute atomic E-state index is 0.101. The van der Waals surface area contributed by atoms with Crippen LogP contribution < -0.4 is 14.2 Å². The Hall–Kier alpha value is -2.38.